The summed E-state index contributed by atoms with van der Waals surface area (Å²) in [6.45, 7) is 6.71. The van der Waals surface area contributed by atoms with Crippen molar-refractivity contribution in [3.05, 3.63) is 36.5 Å². The molecule has 34 heavy (non-hydrogen) atoms. The second kappa shape index (κ2) is 25.2. The highest BCUT2D eigenvalue weighted by Crippen LogP contribution is 2.28. The van der Waals surface area contributed by atoms with Gasteiger partial charge in [0.1, 0.15) is 0 Å². The van der Waals surface area contributed by atoms with Gasteiger partial charge in [-0.3, -0.25) is 0 Å². The minimum absolute atomic E-state index is 0.622. The number of aliphatic hydroxyl groups excluding tert-OH is 1. The maximum atomic E-state index is 11.4. The number of hydrogen-bond donors (Lipinski definition) is 2. The third kappa shape index (κ3) is 20.5. The van der Waals surface area contributed by atoms with Crippen LogP contribution < -0.4 is 0 Å². The highest BCUT2D eigenvalue weighted by molar-refractivity contribution is 4.91. The lowest BCUT2D eigenvalue weighted by Crippen LogP contribution is -2.42. The van der Waals surface area contributed by atoms with Crippen LogP contribution in [0.25, 0.3) is 0 Å². The summed E-state index contributed by atoms with van der Waals surface area (Å²) in [7, 11) is 0. The Morgan fingerprint density at radius 2 is 0.824 bits per heavy atom. The molecule has 0 aromatic rings. The Bertz CT molecular complexity index is 465. The lowest BCUT2D eigenvalue weighted by Gasteiger charge is -2.33. The molecule has 2 nitrogen and oxygen atoms in total. The first kappa shape index (κ1) is 33.1. The zero-order valence-corrected chi connectivity index (χ0v) is 23.3. The Morgan fingerprint density at radius 3 is 1.18 bits per heavy atom. The van der Waals surface area contributed by atoms with Gasteiger partial charge < -0.3 is 10.2 Å². The van der Waals surface area contributed by atoms with Crippen molar-refractivity contribution in [3.8, 4) is 0 Å². The van der Waals surface area contributed by atoms with Gasteiger partial charge in [-0.15, -0.1) is 0 Å². The number of hydrogen-bond acceptors (Lipinski definition) is 2. The minimum atomic E-state index is -0.947. The molecule has 1 unspecified atom stereocenters. The molecule has 0 radical (unpaired) electrons. The normalized spacial score (nSPS) is 13.7. The summed E-state index contributed by atoms with van der Waals surface area (Å²) >= 11 is 0. The Morgan fingerprint density at radius 1 is 0.500 bits per heavy atom. The summed E-state index contributed by atoms with van der Waals surface area (Å²) in [5.74, 6) is 0. The van der Waals surface area contributed by atoms with Gasteiger partial charge in [-0.1, -0.05) is 95.8 Å². The second-order valence-electron chi connectivity index (χ2n) is 10.2. The van der Waals surface area contributed by atoms with Gasteiger partial charge in [0.2, 0.25) is 0 Å². The summed E-state index contributed by atoms with van der Waals surface area (Å²) in [6.07, 6.45) is 36.0. The average Bonchev–Trinajstić information content (AvgIpc) is 2.84. The van der Waals surface area contributed by atoms with Crippen molar-refractivity contribution in [3.63, 3.8) is 0 Å². The summed E-state index contributed by atoms with van der Waals surface area (Å²) in [5, 5.41) is 22.3. The lowest BCUT2D eigenvalue weighted by atomic mass is 9.83. The van der Waals surface area contributed by atoms with Crippen molar-refractivity contribution in [2.45, 2.75) is 167 Å². The Kier molecular flexibility index (Phi) is 24.6. The van der Waals surface area contributed by atoms with Crippen LogP contribution in [0.5, 0.6) is 0 Å². The average molecular weight is 477 g/mol. The Balaban J connectivity index is 4.47. The summed E-state index contributed by atoms with van der Waals surface area (Å²) < 4.78 is 0. The van der Waals surface area contributed by atoms with Crippen molar-refractivity contribution in [1.82, 2.24) is 0 Å². The van der Waals surface area contributed by atoms with Crippen molar-refractivity contribution < 1.29 is 10.2 Å². The highest BCUT2D eigenvalue weighted by atomic mass is 16.3. The van der Waals surface area contributed by atoms with Crippen LogP contribution in [0.3, 0.4) is 0 Å². The SMILES string of the molecule is CCCCC/C=C\CCCC(O)C(O)(CCC/C=C\CCCCC)CCC/C=C\CCCCC. The Hall–Kier alpha value is -0.860. The van der Waals surface area contributed by atoms with E-state index in [1.807, 2.05) is 0 Å². The maximum absolute atomic E-state index is 11.4. The molecule has 0 bridgehead atoms. The molecule has 2 N–H and O–H groups in total. The van der Waals surface area contributed by atoms with E-state index in [2.05, 4.69) is 57.2 Å². The third-order valence-corrected chi connectivity index (χ3v) is 6.85. The topological polar surface area (TPSA) is 40.5 Å². The number of unbranched alkanes of at least 4 members (excludes halogenated alkanes) is 12. The van der Waals surface area contributed by atoms with E-state index in [4.69, 9.17) is 0 Å². The van der Waals surface area contributed by atoms with Gasteiger partial charge in [-0.05, 0) is 96.3 Å². The fourth-order valence-electron chi connectivity index (χ4n) is 4.45. The van der Waals surface area contributed by atoms with Crippen molar-refractivity contribution >= 4 is 0 Å². The van der Waals surface area contributed by atoms with Crippen LogP contribution in [0.4, 0.5) is 0 Å². The highest BCUT2D eigenvalue weighted by Gasteiger charge is 2.33. The first-order valence-electron chi connectivity index (χ1n) is 15.0. The van der Waals surface area contributed by atoms with E-state index in [-0.39, 0.29) is 0 Å². The zero-order valence-electron chi connectivity index (χ0n) is 23.3. The molecule has 0 heterocycles. The monoisotopic (exact) mass is 476 g/mol. The van der Waals surface area contributed by atoms with Crippen molar-refractivity contribution in [2.75, 3.05) is 0 Å². The summed E-state index contributed by atoms with van der Waals surface area (Å²) in [4.78, 5) is 0. The summed E-state index contributed by atoms with van der Waals surface area (Å²) in [6, 6.07) is 0. The van der Waals surface area contributed by atoms with E-state index in [1.165, 1.54) is 57.8 Å². The van der Waals surface area contributed by atoms with E-state index in [0.29, 0.717) is 19.3 Å². The quantitative estimate of drug-likeness (QED) is 0.102. The van der Waals surface area contributed by atoms with Gasteiger partial charge in [0.25, 0.3) is 0 Å². The van der Waals surface area contributed by atoms with Crippen LogP contribution in [0.2, 0.25) is 0 Å². The van der Waals surface area contributed by atoms with E-state index < -0.39 is 11.7 Å². The van der Waals surface area contributed by atoms with Gasteiger partial charge in [0.05, 0.1) is 11.7 Å². The second-order valence-corrected chi connectivity index (χ2v) is 10.2. The molecule has 200 valence electrons. The van der Waals surface area contributed by atoms with E-state index in [1.54, 1.807) is 0 Å². The smallest absolute Gasteiger partial charge is 0.0905 e. The van der Waals surface area contributed by atoms with Crippen LogP contribution in [0.15, 0.2) is 36.5 Å². The first-order valence-corrected chi connectivity index (χ1v) is 15.0. The van der Waals surface area contributed by atoms with Crippen LogP contribution >= 0.6 is 0 Å². The minimum Gasteiger partial charge on any atom is -0.390 e. The van der Waals surface area contributed by atoms with Gasteiger partial charge >= 0.3 is 0 Å². The molecule has 0 aliphatic carbocycles. The number of aliphatic hydroxyl groups is 2. The van der Waals surface area contributed by atoms with Crippen LogP contribution in [-0.2, 0) is 0 Å². The fraction of sp³-hybridized carbons (Fsp3) is 0.812. The Labute approximate surface area is 214 Å². The first-order chi connectivity index (χ1) is 16.6. The molecule has 0 aliphatic rings. The van der Waals surface area contributed by atoms with Gasteiger partial charge in [0.15, 0.2) is 0 Å². The lowest BCUT2D eigenvalue weighted by molar-refractivity contribution is -0.0909. The predicted molar refractivity (Wildman–Crippen MR) is 152 cm³/mol. The number of rotatable bonds is 25. The molecule has 0 amide bonds. The predicted octanol–water partition coefficient (Wildman–Crippen LogP) is 10.00. The maximum Gasteiger partial charge on any atom is 0.0905 e. The molecule has 0 saturated heterocycles. The van der Waals surface area contributed by atoms with Crippen LogP contribution in [-0.4, -0.2) is 21.9 Å². The number of allylic oxidation sites excluding steroid dienone is 6. The van der Waals surface area contributed by atoms with Gasteiger partial charge in [0, 0.05) is 0 Å². The molecule has 0 rings (SSSR count). The molecule has 0 saturated carbocycles. The van der Waals surface area contributed by atoms with Crippen molar-refractivity contribution in [1.29, 1.82) is 0 Å². The third-order valence-electron chi connectivity index (χ3n) is 6.85. The molecule has 0 aliphatic heterocycles. The van der Waals surface area contributed by atoms with E-state index in [0.717, 1.165) is 57.8 Å². The molecule has 0 spiro atoms. The molecular weight excluding hydrogens is 416 g/mol. The van der Waals surface area contributed by atoms with Crippen molar-refractivity contribution in [2.24, 2.45) is 0 Å². The summed E-state index contributed by atoms with van der Waals surface area (Å²) in [5.41, 5.74) is -0.947. The van der Waals surface area contributed by atoms with Crippen LogP contribution in [0.1, 0.15) is 156 Å². The van der Waals surface area contributed by atoms with E-state index >= 15 is 0 Å². The molecule has 0 aromatic heterocycles. The molecule has 0 fully saturated rings. The fourth-order valence-corrected chi connectivity index (χ4v) is 4.45. The van der Waals surface area contributed by atoms with E-state index in [9.17, 15) is 10.2 Å². The molecule has 2 heteroatoms. The standard InChI is InChI=1S/C32H60O2/c1-4-7-10-13-16-19-22-25-28-31(33)32(34,29-26-23-20-17-14-11-8-5-2)30-27-24-21-18-15-12-9-6-3/h16-21,31,33-34H,4-15,22-30H2,1-3H3/b19-16-,20-17-,21-18-. The zero-order chi connectivity index (χ0) is 25.2. The molecular formula is C32H60O2. The van der Waals surface area contributed by atoms with Gasteiger partial charge in [-0.2, -0.15) is 0 Å². The largest absolute Gasteiger partial charge is 0.390 e. The molecule has 1 atom stereocenters. The van der Waals surface area contributed by atoms with Gasteiger partial charge in [-0.25, -0.2) is 0 Å². The van der Waals surface area contributed by atoms with Crippen LogP contribution in [0, 0.1) is 0 Å². The molecule has 0 aromatic carbocycles.